The summed E-state index contributed by atoms with van der Waals surface area (Å²) in [5.74, 6) is 1.52. The van der Waals surface area contributed by atoms with Crippen molar-refractivity contribution in [3.8, 4) is 17.2 Å². The lowest BCUT2D eigenvalue weighted by Crippen LogP contribution is -2.15. The van der Waals surface area contributed by atoms with E-state index in [1.54, 1.807) is 36.4 Å². The van der Waals surface area contributed by atoms with E-state index in [1.807, 2.05) is 0 Å². The Kier molecular flexibility index (Phi) is 6.50. The van der Waals surface area contributed by atoms with Crippen LogP contribution in [0.3, 0.4) is 0 Å². The molecule has 0 saturated carbocycles. The number of nitrogens with one attached hydrogen (secondary N) is 2. The Labute approximate surface area is 195 Å². The quantitative estimate of drug-likeness (QED) is 0.281. The summed E-state index contributed by atoms with van der Waals surface area (Å²) >= 11 is 0. The highest BCUT2D eigenvalue weighted by atomic mass is 32.2. The third-order valence-electron chi connectivity index (χ3n) is 4.79. The fraction of sp³-hybridized carbons (Fsp3) is 0.136. The Bertz CT molecular complexity index is 1360. The average Bonchev–Trinajstić information content (AvgIpc) is 2.84. The van der Waals surface area contributed by atoms with Gasteiger partial charge in [0.25, 0.3) is 15.7 Å². The van der Waals surface area contributed by atoms with Crippen molar-refractivity contribution in [2.45, 2.75) is 4.90 Å². The van der Waals surface area contributed by atoms with E-state index >= 15 is 0 Å². The minimum absolute atomic E-state index is 0.0232. The average molecular weight is 484 g/mol. The number of ether oxygens (including phenoxy) is 3. The van der Waals surface area contributed by atoms with Gasteiger partial charge in [0.2, 0.25) is 0 Å². The lowest BCUT2D eigenvalue weighted by atomic mass is 10.2. The molecule has 176 valence electrons. The zero-order valence-electron chi connectivity index (χ0n) is 17.9. The summed E-state index contributed by atoms with van der Waals surface area (Å²) in [6.07, 6.45) is 1.45. The van der Waals surface area contributed by atoms with Gasteiger partial charge >= 0.3 is 0 Å². The molecule has 0 bridgehead atoms. The maximum absolute atomic E-state index is 12.8. The number of para-hydroxylation sites is 2. The molecule has 1 heterocycles. The normalized spacial score (nSPS) is 12.9. The van der Waals surface area contributed by atoms with Crippen LogP contribution in [0.15, 0.2) is 70.7 Å². The molecule has 0 saturated heterocycles. The van der Waals surface area contributed by atoms with E-state index < -0.39 is 20.6 Å². The minimum Gasteiger partial charge on any atom is -0.495 e. The molecular formula is C22H20N4O7S. The van der Waals surface area contributed by atoms with Crippen LogP contribution in [0.1, 0.15) is 5.56 Å². The number of sulfonamides is 1. The maximum Gasteiger partial charge on any atom is 0.295 e. The predicted octanol–water partition coefficient (Wildman–Crippen LogP) is 3.62. The summed E-state index contributed by atoms with van der Waals surface area (Å²) in [7, 11) is -2.71. The number of nitro groups is 1. The van der Waals surface area contributed by atoms with Crippen LogP contribution in [0.4, 0.5) is 17.1 Å². The molecule has 0 unspecified atom stereocenters. The van der Waals surface area contributed by atoms with E-state index in [-0.39, 0.29) is 16.3 Å². The van der Waals surface area contributed by atoms with Crippen LogP contribution in [0.25, 0.3) is 0 Å². The number of hydrogen-bond donors (Lipinski definition) is 2. The van der Waals surface area contributed by atoms with Gasteiger partial charge in [-0.3, -0.25) is 20.3 Å². The van der Waals surface area contributed by atoms with E-state index in [2.05, 4.69) is 15.2 Å². The van der Waals surface area contributed by atoms with Gasteiger partial charge in [-0.1, -0.05) is 12.1 Å². The largest absolute Gasteiger partial charge is 0.495 e. The van der Waals surface area contributed by atoms with Gasteiger partial charge in [0, 0.05) is 6.07 Å². The second kappa shape index (κ2) is 9.67. The number of methoxy groups -OCH3 is 1. The van der Waals surface area contributed by atoms with E-state index in [4.69, 9.17) is 14.2 Å². The van der Waals surface area contributed by atoms with Gasteiger partial charge in [-0.25, -0.2) is 8.42 Å². The molecule has 0 spiro atoms. The van der Waals surface area contributed by atoms with Gasteiger partial charge in [0.1, 0.15) is 24.7 Å². The molecule has 11 nitrogen and oxygen atoms in total. The highest BCUT2D eigenvalue weighted by molar-refractivity contribution is 7.92. The zero-order valence-corrected chi connectivity index (χ0v) is 18.7. The highest BCUT2D eigenvalue weighted by Gasteiger charge is 2.22. The lowest BCUT2D eigenvalue weighted by Gasteiger charge is -2.18. The summed E-state index contributed by atoms with van der Waals surface area (Å²) in [5, 5.41) is 15.6. The number of benzene rings is 3. The molecular weight excluding hydrogens is 464 g/mol. The molecule has 34 heavy (non-hydrogen) atoms. The first-order valence-electron chi connectivity index (χ1n) is 10.0. The lowest BCUT2D eigenvalue weighted by molar-refractivity contribution is -0.384. The van der Waals surface area contributed by atoms with Gasteiger partial charge in [-0.05, 0) is 48.0 Å². The molecule has 4 rings (SSSR count). The molecule has 0 fully saturated rings. The third kappa shape index (κ3) is 5.02. The SMILES string of the molecule is COc1ccccc1NS(=O)(=O)c1ccc(NN=Cc2ccc3c(c2)OCCO3)c([N+](=O)[O-])c1. The Morgan fingerprint density at radius 1 is 1.03 bits per heavy atom. The standard InChI is InChI=1S/C22H20N4O7S/c1-31-20-5-3-2-4-18(20)25-34(29,30)16-7-8-17(19(13-16)26(27)28)24-23-14-15-6-9-21-22(12-15)33-11-10-32-21/h2-9,12-14,24-25H,10-11H2,1H3. The number of hydrazone groups is 1. The van der Waals surface area contributed by atoms with E-state index in [9.17, 15) is 18.5 Å². The van der Waals surface area contributed by atoms with Crippen molar-refractivity contribution in [2.75, 3.05) is 30.5 Å². The maximum atomic E-state index is 12.8. The Hall–Kier alpha value is -4.32. The summed E-state index contributed by atoms with van der Waals surface area (Å²) in [6.45, 7) is 0.922. The molecule has 3 aromatic carbocycles. The summed E-state index contributed by atoms with van der Waals surface area (Å²) in [6, 6.07) is 15.1. The summed E-state index contributed by atoms with van der Waals surface area (Å²) in [4.78, 5) is 10.6. The summed E-state index contributed by atoms with van der Waals surface area (Å²) < 4.78 is 44.1. The van der Waals surface area contributed by atoms with E-state index in [0.717, 1.165) is 6.07 Å². The van der Waals surface area contributed by atoms with Crippen molar-refractivity contribution >= 4 is 33.3 Å². The fourth-order valence-corrected chi connectivity index (χ4v) is 4.26. The Morgan fingerprint density at radius 2 is 1.79 bits per heavy atom. The number of hydrogen-bond acceptors (Lipinski definition) is 9. The smallest absolute Gasteiger partial charge is 0.295 e. The number of rotatable bonds is 8. The molecule has 0 aliphatic carbocycles. The van der Waals surface area contributed by atoms with Crippen LogP contribution in [0.2, 0.25) is 0 Å². The monoisotopic (exact) mass is 484 g/mol. The highest BCUT2D eigenvalue weighted by Crippen LogP contribution is 2.32. The van der Waals surface area contributed by atoms with Gasteiger partial charge < -0.3 is 14.2 Å². The van der Waals surface area contributed by atoms with Crippen LogP contribution in [0, 0.1) is 10.1 Å². The van der Waals surface area contributed by atoms with E-state index in [1.165, 1.54) is 31.5 Å². The first-order chi connectivity index (χ1) is 16.4. The molecule has 0 atom stereocenters. The number of nitrogens with zero attached hydrogens (tertiary/aromatic N) is 2. The van der Waals surface area contributed by atoms with Crippen LogP contribution in [0.5, 0.6) is 17.2 Å². The van der Waals surface area contributed by atoms with E-state index in [0.29, 0.717) is 36.0 Å². The number of fused-ring (bicyclic) bond motifs is 1. The molecule has 0 radical (unpaired) electrons. The van der Waals surface area contributed by atoms with Crippen LogP contribution in [-0.4, -0.2) is 39.9 Å². The van der Waals surface area contributed by atoms with Crippen molar-refractivity contribution in [3.05, 3.63) is 76.3 Å². The van der Waals surface area contributed by atoms with Crippen molar-refractivity contribution in [1.29, 1.82) is 0 Å². The molecule has 1 aliphatic rings. The first-order valence-corrected chi connectivity index (χ1v) is 11.5. The van der Waals surface area contributed by atoms with Crippen molar-refractivity contribution in [3.63, 3.8) is 0 Å². The Balaban J connectivity index is 1.54. The Morgan fingerprint density at radius 3 is 2.56 bits per heavy atom. The van der Waals surface area contributed by atoms with Crippen LogP contribution < -0.4 is 24.4 Å². The molecule has 2 N–H and O–H groups in total. The second-order valence-electron chi connectivity index (χ2n) is 7.01. The third-order valence-corrected chi connectivity index (χ3v) is 6.16. The molecule has 1 aliphatic heterocycles. The van der Waals surface area contributed by atoms with Gasteiger partial charge in [-0.15, -0.1) is 0 Å². The number of anilines is 2. The molecule has 3 aromatic rings. The second-order valence-corrected chi connectivity index (χ2v) is 8.70. The van der Waals surface area contributed by atoms with Crippen molar-refractivity contribution in [2.24, 2.45) is 5.10 Å². The number of nitro benzene ring substituents is 1. The molecule has 0 aromatic heterocycles. The minimum atomic E-state index is -4.12. The van der Waals surface area contributed by atoms with Crippen LogP contribution >= 0.6 is 0 Å². The first kappa shape index (κ1) is 22.9. The van der Waals surface area contributed by atoms with Crippen molar-refractivity contribution in [1.82, 2.24) is 0 Å². The van der Waals surface area contributed by atoms with Gasteiger partial charge in [-0.2, -0.15) is 5.10 Å². The predicted molar refractivity (Wildman–Crippen MR) is 126 cm³/mol. The summed E-state index contributed by atoms with van der Waals surface area (Å²) in [5.41, 5.74) is 3.04. The van der Waals surface area contributed by atoms with Crippen LogP contribution in [-0.2, 0) is 10.0 Å². The zero-order chi connectivity index (χ0) is 24.1. The van der Waals surface area contributed by atoms with Gasteiger partial charge in [0.05, 0.1) is 28.8 Å². The molecule has 0 amide bonds. The molecule has 12 heteroatoms. The van der Waals surface area contributed by atoms with Crippen molar-refractivity contribution < 1.29 is 27.6 Å². The fourth-order valence-electron chi connectivity index (χ4n) is 3.17. The topological polar surface area (TPSA) is 141 Å². The van der Waals surface area contributed by atoms with Gasteiger partial charge in [0.15, 0.2) is 11.5 Å².